The summed E-state index contributed by atoms with van der Waals surface area (Å²) in [6.45, 7) is 8.76. The molecule has 0 radical (unpaired) electrons. The third kappa shape index (κ3) is 8.04. The molecule has 0 bridgehead atoms. The van der Waals surface area contributed by atoms with Gasteiger partial charge in [-0.25, -0.2) is 13.8 Å². The molecule has 3 N–H and O–H groups in total. The summed E-state index contributed by atoms with van der Waals surface area (Å²) in [6, 6.07) is 6.29. The number of fused-ring (bicyclic) bond motifs is 1. The molecular weight excluding hydrogens is 597 g/mol. The first-order chi connectivity index (χ1) is 21.0. The van der Waals surface area contributed by atoms with Gasteiger partial charge >= 0.3 is 6.18 Å². The van der Waals surface area contributed by atoms with Crippen LogP contribution in [0.3, 0.4) is 0 Å². The zero-order valence-corrected chi connectivity index (χ0v) is 26.3. The lowest BCUT2D eigenvalue weighted by Gasteiger charge is -2.30. The van der Waals surface area contributed by atoms with Crippen LogP contribution in [0, 0.1) is 25.2 Å². The second-order valence-electron chi connectivity index (χ2n) is 12.7. The van der Waals surface area contributed by atoms with Gasteiger partial charge in [-0.1, -0.05) is 32.9 Å². The molecule has 13 heteroatoms. The van der Waals surface area contributed by atoms with Crippen molar-refractivity contribution in [3.05, 3.63) is 46.5 Å². The van der Waals surface area contributed by atoms with Crippen LogP contribution in [0.25, 0.3) is 11.0 Å². The number of rotatable bonds is 9. The maximum Gasteiger partial charge on any atom is 0.391 e. The molecule has 1 fully saturated rings. The summed E-state index contributed by atoms with van der Waals surface area (Å²) >= 11 is 0. The third-order valence-corrected chi connectivity index (χ3v) is 8.26. The largest absolute Gasteiger partial charge is 0.487 e. The Balaban J connectivity index is 1.61. The van der Waals surface area contributed by atoms with Crippen molar-refractivity contribution in [1.29, 1.82) is 0 Å². The quantitative estimate of drug-likeness (QED) is 0.218. The average Bonchev–Trinajstić information content (AvgIpc) is 3.26. The first-order valence-corrected chi connectivity index (χ1v) is 14.9. The number of imidazole rings is 1. The summed E-state index contributed by atoms with van der Waals surface area (Å²) in [5, 5.41) is 9.06. The monoisotopic (exact) mass is 637 g/mol. The van der Waals surface area contributed by atoms with Crippen molar-refractivity contribution < 1.29 is 36.3 Å². The third-order valence-electron chi connectivity index (χ3n) is 8.26. The number of amides is 2. The van der Waals surface area contributed by atoms with Crippen molar-refractivity contribution in [2.75, 3.05) is 11.9 Å². The van der Waals surface area contributed by atoms with E-state index in [-0.39, 0.29) is 42.9 Å². The van der Waals surface area contributed by atoms with Crippen molar-refractivity contribution >= 4 is 34.5 Å². The highest BCUT2D eigenvalue weighted by Crippen LogP contribution is 2.38. The summed E-state index contributed by atoms with van der Waals surface area (Å²) in [5.41, 5.74) is 3.83. The Morgan fingerprint density at radius 1 is 1.07 bits per heavy atom. The summed E-state index contributed by atoms with van der Waals surface area (Å²) < 4.78 is 72.5. The summed E-state index contributed by atoms with van der Waals surface area (Å²) in [7, 11) is 1.73. The molecule has 1 aliphatic rings. The van der Waals surface area contributed by atoms with Crippen LogP contribution in [-0.4, -0.2) is 46.6 Å². The number of carbonyl (C=O) groups excluding carboxylic acids is 2. The molecule has 1 heterocycles. The molecule has 0 aliphatic heterocycles. The van der Waals surface area contributed by atoms with Crippen LogP contribution >= 0.6 is 0 Å². The Labute approximate surface area is 259 Å². The van der Waals surface area contributed by atoms with Crippen LogP contribution in [0.1, 0.15) is 73.5 Å². The minimum Gasteiger partial charge on any atom is -0.487 e. The zero-order chi connectivity index (χ0) is 33.3. The van der Waals surface area contributed by atoms with E-state index in [0.717, 1.165) is 22.4 Å². The highest BCUT2D eigenvalue weighted by atomic mass is 19.4. The van der Waals surface area contributed by atoms with Crippen LogP contribution in [0.15, 0.2) is 24.3 Å². The van der Waals surface area contributed by atoms with E-state index < -0.39 is 42.5 Å². The van der Waals surface area contributed by atoms with Crippen molar-refractivity contribution in [1.82, 2.24) is 20.2 Å². The van der Waals surface area contributed by atoms with Gasteiger partial charge in [0, 0.05) is 36.8 Å². The number of aryl methyl sites for hydroxylation is 2. The summed E-state index contributed by atoms with van der Waals surface area (Å²) in [5.74, 6) is -1.78. The number of ether oxygens (including phenoxy) is 1. The molecule has 1 aliphatic carbocycles. The Bertz CT molecular complexity index is 1550. The number of carbonyl (C=O) groups is 2. The van der Waals surface area contributed by atoms with E-state index in [1.54, 1.807) is 11.6 Å². The molecule has 1 saturated carbocycles. The number of hydrogen-bond acceptors (Lipinski definition) is 5. The van der Waals surface area contributed by atoms with Gasteiger partial charge in [0.25, 0.3) is 12.3 Å². The van der Waals surface area contributed by atoms with Crippen LogP contribution in [0.2, 0.25) is 0 Å². The summed E-state index contributed by atoms with van der Waals surface area (Å²) in [6.07, 6.45) is -6.95. The van der Waals surface area contributed by atoms with Gasteiger partial charge in [-0.3, -0.25) is 9.59 Å². The Morgan fingerprint density at radius 2 is 1.73 bits per heavy atom. The molecule has 1 aromatic heterocycles. The topological polar surface area (TPSA) is 97.3 Å². The lowest BCUT2D eigenvalue weighted by Crippen LogP contribution is -2.40. The molecule has 246 valence electrons. The van der Waals surface area contributed by atoms with Gasteiger partial charge in [-0.05, 0) is 62.3 Å². The van der Waals surface area contributed by atoms with Crippen LogP contribution in [0.5, 0.6) is 5.75 Å². The Hall–Kier alpha value is -3.90. The Kier molecular flexibility index (Phi) is 9.98. The zero-order valence-electron chi connectivity index (χ0n) is 26.3. The second-order valence-corrected chi connectivity index (χ2v) is 12.7. The SMILES string of the molecule is Cc1ccc(CNC(=O)C(C)(C)C)c(C)c1Nc1nc2cc(C(=O)NC3CCC(C(F)(F)F)CC3)c(OCC(F)F)cc2n1C. The van der Waals surface area contributed by atoms with Gasteiger partial charge in [0.05, 0.1) is 22.5 Å². The number of halogens is 5. The molecule has 2 aromatic carbocycles. The predicted molar refractivity (Wildman–Crippen MR) is 162 cm³/mol. The van der Waals surface area contributed by atoms with Gasteiger partial charge in [-0.15, -0.1) is 0 Å². The fraction of sp³-hybridized carbons (Fsp3) is 0.531. The fourth-order valence-electron chi connectivity index (χ4n) is 5.44. The molecule has 0 spiro atoms. The van der Waals surface area contributed by atoms with E-state index in [2.05, 4.69) is 20.9 Å². The van der Waals surface area contributed by atoms with Gasteiger partial charge in [0.15, 0.2) is 0 Å². The number of aromatic nitrogens is 2. The van der Waals surface area contributed by atoms with Crippen molar-refractivity contribution in [2.45, 2.75) is 85.5 Å². The number of nitrogens with zero attached hydrogens (tertiary/aromatic N) is 2. The Morgan fingerprint density at radius 3 is 2.33 bits per heavy atom. The van der Waals surface area contributed by atoms with Crippen molar-refractivity contribution in [3.8, 4) is 5.75 Å². The van der Waals surface area contributed by atoms with Gasteiger partial charge in [0.1, 0.15) is 12.4 Å². The summed E-state index contributed by atoms with van der Waals surface area (Å²) in [4.78, 5) is 30.4. The lowest BCUT2D eigenvalue weighted by molar-refractivity contribution is -0.182. The molecule has 3 aromatic rings. The minimum atomic E-state index is -4.28. The molecule has 8 nitrogen and oxygen atoms in total. The number of nitrogens with one attached hydrogen (secondary N) is 3. The molecule has 0 atom stereocenters. The van der Waals surface area contributed by atoms with E-state index >= 15 is 0 Å². The molecule has 0 saturated heterocycles. The fourth-order valence-corrected chi connectivity index (χ4v) is 5.44. The highest BCUT2D eigenvalue weighted by molar-refractivity contribution is 6.01. The van der Waals surface area contributed by atoms with Crippen LogP contribution in [-0.2, 0) is 18.4 Å². The smallest absolute Gasteiger partial charge is 0.391 e. The average molecular weight is 638 g/mol. The van der Waals surface area contributed by atoms with E-state index in [1.165, 1.54) is 12.1 Å². The van der Waals surface area contributed by atoms with E-state index in [9.17, 15) is 31.5 Å². The van der Waals surface area contributed by atoms with Crippen LogP contribution < -0.4 is 20.7 Å². The molecule has 4 rings (SSSR count). The van der Waals surface area contributed by atoms with E-state index in [1.807, 2.05) is 46.8 Å². The maximum atomic E-state index is 13.3. The predicted octanol–water partition coefficient (Wildman–Crippen LogP) is 7.09. The first kappa shape index (κ1) is 34.0. The van der Waals surface area contributed by atoms with Gasteiger partial charge < -0.3 is 25.3 Å². The van der Waals surface area contributed by atoms with Crippen LogP contribution in [0.4, 0.5) is 33.6 Å². The van der Waals surface area contributed by atoms with Gasteiger partial charge in [-0.2, -0.15) is 13.2 Å². The normalized spacial score (nSPS) is 17.4. The second kappa shape index (κ2) is 13.2. The number of hydrogen-bond donors (Lipinski definition) is 3. The van der Waals surface area contributed by atoms with Gasteiger partial charge in [0.2, 0.25) is 11.9 Å². The molecule has 0 unspecified atom stereocenters. The highest BCUT2D eigenvalue weighted by Gasteiger charge is 2.41. The number of benzene rings is 2. The first-order valence-electron chi connectivity index (χ1n) is 14.9. The number of anilines is 2. The van der Waals surface area contributed by atoms with Crippen molar-refractivity contribution in [2.24, 2.45) is 18.4 Å². The van der Waals surface area contributed by atoms with E-state index in [4.69, 9.17) is 4.74 Å². The standard InChI is InChI=1S/C32H40F5N5O3/c1-17-7-8-19(15-38-29(44)31(3,4)5)18(2)27(17)41-30-40-23-13-22(25(45-16-26(33)34)14-24(23)42(30)6)28(43)39-21-11-9-20(10-12-21)32(35,36)37/h7-8,13-14,20-21,26H,9-12,15-16H2,1-6H3,(H,38,44)(H,39,43)(H,40,41). The minimum absolute atomic E-state index is 0.0327. The number of alkyl halides is 5. The maximum absolute atomic E-state index is 13.3. The molecule has 2 amide bonds. The molecule has 45 heavy (non-hydrogen) atoms. The lowest BCUT2D eigenvalue weighted by atomic mass is 9.85. The molecular formula is C32H40F5N5O3. The van der Waals surface area contributed by atoms with Crippen molar-refractivity contribution in [3.63, 3.8) is 0 Å². The van der Waals surface area contributed by atoms with E-state index in [0.29, 0.717) is 23.5 Å².